The number of nitrogens with zero attached hydrogens (tertiary/aromatic N) is 4. The Bertz CT molecular complexity index is 487. The number of rotatable bonds is 2. The molecule has 9 heteroatoms. The van der Waals surface area contributed by atoms with Gasteiger partial charge in [-0.05, 0) is 37.4 Å². The molecular weight excluding hydrogens is 339 g/mol. The van der Waals surface area contributed by atoms with Crippen molar-refractivity contribution in [3.05, 3.63) is 41.4 Å². The summed E-state index contributed by atoms with van der Waals surface area (Å²) in [5.41, 5.74) is 7.33. The van der Waals surface area contributed by atoms with Crippen molar-refractivity contribution in [2.24, 2.45) is 5.11 Å². The van der Waals surface area contributed by atoms with E-state index in [2.05, 4.69) is 41.9 Å². The van der Waals surface area contributed by atoms with Crippen LogP contribution in [0.25, 0.3) is 10.4 Å². The average Bonchev–Trinajstić information content (AvgIpc) is 2.18. The second-order valence-corrected chi connectivity index (χ2v) is 3.95. The fraction of sp³-hybridized carbons (Fsp3) is 0. The lowest BCUT2D eigenvalue weighted by molar-refractivity contribution is -0.384. The lowest BCUT2D eigenvalue weighted by atomic mass is 10.2. The molecule has 6 nitrogen and oxygen atoms in total. The first kappa shape index (κ1) is 11.9. The van der Waals surface area contributed by atoms with E-state index in [1.807, 2.05) is 0 Å². The van der Waals surface area contributed by atoms with Gasteiger partial charge in [-0.3, -0.25) is 10.1 Å². The standard InChI is InChI=1S/C6HBr2FN4O2/c7-2-1-3(13(14)15)6(11-12-10)4(8)5(2)9/h1H. The molecule has 0 bridgehead atoms. The highest BCUT2D eigenvalue weighted by Gasteiger charge is 2.21. The largest absolute Gasteiger partial charge is 0.281 e. The van der Waals surface area contributed by atoms with Crippen molar-refractivity contribution in [1.29, 1.82) is 0 Å². The van der Waals surface area contributed by atoms with E-state index in [9.17, 15) is 14.5 Å². The van der Waals surface area contributed by atoms with Crippen LogP contribution in [0.4, 0.5) is 15.8 Å². The topological polar surface area (TPSA) is 91.9 Å². The zero-order valence-corrected chi connectivity index (χ0v) is 9.99. The Morgan fingerprint density at radius 3 is 2.67 bits per heavy atom. The summed E-state index contributed by atoms with van der Waals surface area (Å²) in [6.45, 7) is 0. The third kappa shape index (κ3) is 2.25. The van der Waals surface area contributed by atoms with E-state index in [1.165, 1.54) is 0 Å². The van der Waals surface area contributed by atoms with Crippen LogP contribution in [-0.4, -0.2) is 4.92 Å². The monoisotopic (exact) mass is 338 g/mol. The molecular formula is C6HBr2FN4O2. The SMILES string of the molecule is [N-]=[N+]=Nc1c([N+](=O)[O-])cc(Br)c(F)c1Br. The summed E-state index contributed by atoms with van der Waals surface area (Å²) in [6, 6.07) is 0.935. The van der Waals surface area contributed by atoms with Crippen LogP contribution < -0.4 is 0 Å². The molecule has 0 unspecified atom stereocenters. The van der Waals surface area contributed by atoms with Gasteiger partial charge in [0, 0.05) is 11.0 Å². The van der Waals surface area contributed by atoms with Gasteiger partial charge in [0.15, 0.2) is 5.82 Å². The number of halogens is 3. The minimum absolute atomic E-state index is 0.0852. The van der Waals surface area contributed by atoms with Gasteiger partial charge < -0.3 is 0 Å². The Morgan fingerprint density at radius 2 is 2.20 bits per heavy atom. The van der Waals surface area contributed by atoms with Crippen LogP contribution in [0.5, 0.6) is 0 Å². The van der Waals surface area contributed by atoms with E-state index in [-0.39, 0.29) is 14.6 Å². The maximum absolute atomic E-state index is 13.3. The number of hydrogen-bond donors (Lipinski definition) is 0. The van der Waals surface area contributed by atoms with Crippen LogP contribution >= 0.6 is 31.9 Å². The molecule has 0 aromatic heterocycles. The van der Waals surface area contributed by atoms with Crippen LogP contribution in [0.3, 0.4) is 0 Å². The summed E-state index contributed by atoms with van der Waals surface area (Å²) < 4.78 is 12.9. The zero-order valence-electron chi connectivity index (χ0n) is 6.82. The second-order valence-electron chi connectivity index (χ2n) is 2.30. The van der Waals surface area contributed by atoms with Crippen molar-refractivity contribution in [2.45, 2.75) is 0 Å². The smallest absolute Gasteiger partial charge is 0.258 e. The van der Waals surface area contributed by atoms with Gasteiger partial charge in [-0.2, -0.15) is 0 Å². The van der Waals surface area contributed by atoms with E-state index in [1.54, 1.807) is 0 Å². The summed E-state index contributed by atoms with van der Waals surface area (Å²) in [7, 11) is 0. The molecule has 0 amide bonds. The summed E-state index contributed by atoms with van der Waals surface area (Å²) in [6.07, 6.45) is 0. The first-order valence-corrected chi connectivity index (χ1v) is 4.94. The summed E-state index contributed by atoms with van der Waals surface area (Å²) >= 11 is 5.58. The normalized spacial score (nSPS) is 9.53. The highest BCUT2D eigenvalue weighted by molar-refractivity contribution is 9.11. The molecule has 0 radical (unpaired) electrons. The molecule has 1 aromatic rings. The number of nitro benzene ring substituents is 1. The van der Waals surface area contributed by atoms with E-state index < -0.39 is 16.4 Å². The van der Waals surface area contributed by atoms with E-state index in [0.29, 0.717) is 0 Å². The summed E-state index contributed by atoms with van der Waals surface area (Å²) in [4.78, 5) is 12.2. The first-order valence-electron chi connectivity index (χ1n) is 3.36. The van der Waals surface area contributed by atoms with Gasteiger partial charge in [-0.15, -0.1) is 0 Å². The fourth-order valence-electron chi connectivity index (χ4n) is 0.852. The van der Waals surface area contributed by atoms with Crippen molar-refractivity contribution >= 4 is 43.2 Å². The third-order valence-electron chi connectivity index (χ3n) is 1.46. The molecule has 1 aromatic carbocycles. The highest BCUT2D eigenvalue weighted by atomic mass is 79.9. The Kier molecular flexibility index (Phi) is 3.61. The molecule has 0 aliphatic carbocycles. The molecule has 0 saturated carbocycles. The number of azide groups is 1. The Balaban J connectivity index is 3.64. The van der Waals surface area contributed by atoms with Crippen molar-refractivity contribution in [1.82, 2.24) is 0 Å². The van der Waals surface area contributed by atoms with Crippen LogP contribution in [-0.2, 0) is 0 Å². The fourth-order valence-corrected chi connectivity index (χ4v) is 2.03. The van der Waals surface area contributed by atoms with Gasteiger partial charge in [0.1, 0.15) is 5.69 Å². The molecule has 78 valence electrons. The molecule has 15 heavy (non-hydrogen) atoms. The average molecular weight is 340 g/mol. The van der Waals surface area contributed by atoms with E-state index >= 15 is 0 Å². The van der Waals surface area contributed by atoms with Gasteiger partial charge in [-0.1, -0.05) is 5.11 Å². The molecule has 0 N–H and O–H groups in total. The van der Waals surface area contributed by atoms with Crippen LogP contribution in [0, 0.1) is 15.9 Å². The third-order valence-corrected chi connectivity index (χ3v) is 2.76. The predicted molar refractivity (Wildman–Crippen MR) is 57.3 cm³/mol. The molecule has 0 atom stereocenters. The van der Waals surface area contributed by atoms with E-state index in [4.69, 9.17) is 5.53 Å². The van der Waals surface area contributed by atoms with E-state index in [0.717, 1.165) is 6.07 Å². The molecule has 0 aliphatic rings. The van der Waals surface area contributed by atoms with Crippen molar-refractivity contribution < 1.29 is 9.31 Å². The predicted octanol–water partition coefficient (Wildman–Crippen LogP) is 4.20. The lowest BCUT2D eigenvalue weighted by Crippen LogP contribution is -1.92. The molecule has 0 heterocycles. The zero-order chi connectivity index (χ0) is 11.6. The second kappa shape index (κ2) is 4.56. The van der Waals surface area contributed by atoms with Gasteiger partial charge in [0.25, 0.3) is 5.69 Å². The Labute approximate surface area is 99.1 Å². The van der Waals surface area contributed by atoms with Gasteiger partial charge in [0.2, 0.25) is 0 Å². The molecule has 0 spiro atoms. The van der Waals surface area contributed by atoms with Crippen molar-refractivity contribution in [2.75, 3.05) is 0 Å². The maximum Gasteiger partial charge on any atom is 0.281 e. The first-order chi connectivity index (χ1) is 6.99. The molecule has 0 aliphatic heterocycles. The number of benzene rings is 1. The van der Waals surface area contributed by atoms with Crippen molar-refractivity contribution in [3.63, 3.8) is 0 Å². The number of hydrogen-bond acceptors (Lipinski definition) is 3. The summed E-state index contributed by atoms with van der Waals surface area (Å²) in [5.74, 6) is -0.761. The van der Waals surface area contributed by atoms with Gasteiger partial charge in [0.05, 0.1) is 13.9 Å². The highest BCUT2D eigenvalue weighted by Crippen LogP contribution is 2.40. The maximum atomic E-state index is 13.3. The Morgan fingerprint density at radius 1 is 1.60 bits per heavy atom. The minimum Gasteiger partial charge on any atom is -0.258 e. The van der Waals surface area contributed by atoms with Crippen LogP contribution in [0.2, 0.25) is 0 Å². The number of nitro groups is 1. The molecule has 0 saturated heterocycles. The Hall–Kier alpha value is -1.18. The molecule has 0 fully saturated rings. The van der Waals surface area contributed by atoms with Gasteiger partial charge >= 0.3 is 0 Å². The molecule has 1 rings (SSSR count). The summed E-state index contributed by atoms with van der Waals surface area (Å²) in [5, 5.41) is 13.6. The van der Waals surface area contributed by atoms with Crippen LogP contribution in [0.15, 0.2) is 20.1 Å². The van der Waals surface area contributed by atoms with Crippen molar-refractivity contribution in [3.8, 4) is 0 Å². The minimum atomic E-state index is -0.765. The van der Waals surface area contributed by atoms with Gasteiger partial charge in [-0.25, -0.2) is 4.39 Å². The lowest BCUT2D eigenvalue weighted by Gasteiger charge is -2.02. The quantitative estimate of drug-likeness (QED) is 0.202. The van der Waals surface area contributed by atoms with Crippen LogP contribution in [0.1, 0.15) is 0 Å².